The molecule has 4 nitrogen and oxygen atoms in total. The van der Waals surface area contributed by atoms with Crippen molar-refractivity contribution < 1.29 is 9.59 Å². The van der Waals surface area contributed by atoms with Crippen LogP contribution in [0.4, 0.5) is 0 Å². The predicted molar refractivity (Wildman–Crippen MR) is 63.1 cm³/mol. The summed E-state index contributed by atoms with van der Waals surface area (Å²) >= 11 is 0. The van der Waals surface area contributed by atoms with Crippen molar-refractivity contribution in [3.05, 3.63) is 0 Å². The topological polar surface area (TPSA) is 40.6 Å². The van der Waals surface area contributed by atoms with Crippen molar-refractivity contribution in [1.82, 2.24) is 9.80 Å². The number of hydrogen-bond donors (Lipinski definition) is 0. The zero-order valence-corrected chi connectivity index (χ0v) is 10.7. The molecular formula is C12H22N2O2. The van der Waals surface area contributed by atoms with Crippen LogP contribution in [-0.4, -0.2) is 53.7 Å². The maximum Gasteiger partial charge on any atom is 0.290 e. The second kappa shape index (κ2) is 5.43. The molecule has 1 aliphatic rings. The second-order valence-electron chi connectivity index (χ2n) is 4.94. The number of rotatable bonds is 3. The van der Waals surface area contributed by atoms with Gasteiger partial charge in [-0.15, -0.1) is 0 Å². The van der Waals surface area contributed by atoms with Gasteiger partial charge in [0.15, 0.2) is 0 Å². The fourth-order valence-corrected chi connectivity index (χ4v) is 1.84. The Labute approximate surface area is 97.6 Å². The molecule has 1 saturated heterocycles. The maximum absolute atomic E-state index is 11.8. The maximum atomic E-state index is 11.8. The van der Waals surface area contributed by atoms with Gasteiger partial charge in [0.2, 0.25) is 5.78 Å². The Morgan fingerprint density at radius 2 is 1.44 bits per heavy atom. The average molecular weight is 226 g/mol. The third-order valence-corrected chi connectivity index (χ3v) is 3.07. The van der Waals surface area contributed by atoms with Gasteiger partial charge < -0.3 is 4.90 Å². The van der Waals surface area contributed by atoms with E-state index in [-0.39, 0.29) is 17.6 Å². The number of hydrogen-bond acceptors (Lipinski definition) is 3. The van der Waals surface area contributed by atoms with E-state index in [1.54, 1.807) is 18.7 Å². The highest BCUT2D eigenvalue weighted by Gasteiger charge is 2.27. The van der Waals surface area contributed by atoms with Crippen LogP contribution >= 0.6 is 0 Å². The minimum Gasteiger partial charge on any atom is -0.334 e. The molecule has 1 aliphatic heterocycles. The Hall–Kier alpha value is -0.900. The molecule has 0 aromatic rings. The minimum absolute atomic E-state index is 0.198. The van der Waals surface area contributed by atoms with E-state index in [1.807, 2.05) is 0 Å². The van der Waals surface area contributed by atoms with Crippen LogP contribution in [0.3, 0.4) is 0 Å². The molecule has 1 amide bonds. The lowest BCUT2D eigenvalue weighted by atomic mass is 10.1. The molecule has 0 atom stereocenters. The van der Waals surface area contributed by atoms with E-state index in [0.29, 0.717) is 19.1 Å². The number of ketones is 1. The minimum atomic E-state index is -0.307. The Balaban J connectivity index is 2.48. The second-order valence-corrected chi connectivity index (χ2v) is 4.94. The highest BCUT2D eigenvalue weighted by Crippen LogP contribution is 2.08. The normalized spacial score (nSPS) is 18.2. The molecule has 0 bridgehead atoms. The lowest BCUT2D eigenvalue weighted by Gasteiger charge is -2.36. The van der Waals surface area contributed by atoms with Gasteiger partial charge in [0.1, 0.15) is 0 Å². The Kier molecular flexibility index (Phi) is 4.47. The Morgan fingerprint density at radius 3 is 1.81 bits per heavy atom. The first kappa shape index (κ1) is 13.2. The number of carbonyl (C=O) groups is 2. The molecule has 0 spiro atoms. The molecule has 1 fully saturated rings. The summed E-state index contributed by atoms with van der Waals surface area (Å²) in [5.41, 5.74) is 0. The van der Waals surface area contributed by atoms with E-state index in [4.69, 9.17) is 0 Å². The van der Waals surface area contributed by atoms with Gasteiger partial charge >= 0.3 is 0 Å². The Bertz CT molecular complexity index is 266. The number of nitrogens with zero attached hydrogens (tertiary/aromatic N) is 2. The van der Waals surface area contributed by atoms with Crippen molar-refractivity contribution in [3.8, 4) is 0 Å². The third kappa shape index (κ3) is 3.04. The first-order valence-electron chi connectivity index (χ1n) is 6.00. The van der Waals surface area contributed by atoms with Gasteiger partial charge in [0, 0.05) is 38.1 Å². The van der Waals surface area contributed by atoms with E-state index in [0.717, 1.165) is 13.1 Å². The van der Waals surface area contributed by atoms with Gasteiger partial charge in [-0.25, -0.2) is 0 Å². The lowest BCUT2D eigenvalue weighted by Crippen LogP contribution is -2.52. The smallest absolute Gasteiger partial charge is 0.290 e. The van der Waals surface area contributed by atoms with Crippen molar-refractivity contribution in [3.63, 3.8) is 0 Å². The first-order chi connectivity index (χ1) is 7.43. The molecule has 1 heterocycles. The van der Waals surface area contributed by atoms with Crippen molar-refractivity contribution in [2.75, 3.05) is 26.2 Å². The summed E-state index contributed by atoms with van der Waals surface area (Å²) in [5, 5.41) is 0. The largest absolute Gasteiger partial charge is 0.334 e. The van der Waals surface area contributed by atoms with Crippen molar-refractivity contribution in [2.45, 2.75) is 33.7 Å². The number of carbonyl (C=O) groups excluding carboxylic acids is 2. The van der Waals surface area contributed by atoms with Gasteiger partial charge in [-0.05, 0) is 13.8 Å². The van der Waals surface area contributed by atoms with Gasteiger partial charge in [0.25, 0.3) is 5.91 Å². The van der Waals surface area contributed by atoms with Crippen LogP contribution in [0, 0.1) is 5.92 Å². The summed E-state index contributed by atoms with van der Waals surface area (Å²) in [4.78, 5) is 27.3. The molecule has 0 aromatic carbocycles. The molecule has 0 aliphatic carbocycles. The van der Waals surface area contributed by atoms with Gasteiger partial charge in [0.05, 0.1) is 0 Å². The SMILES string of the molecule is CC(C)C(=O)C(=O)N1CCN(C(C)C)CC1. The molecule has 0 radical (unpaired) electrons. The number of amides is 1. The van der Waals surface area contributed by atoms with Crippen LogP contribution in [0.25, 0.3) is 0 Å². The zero-order chi connectivity index (χ0) is 12.3. The van der Waals surface area contributed by atoms with Crippen LogP contribution in [0.2, 0.25) is 0 Å². The van der Waals surface area contributed by atoms with Crippen LogP contribution in [-0.2, 0) is 9.59 Å². The van der Waals surface area contributed by atoms with Crippen LogP contribution in [0.5, 0.6) is 0 Å². The lowest BCUT2D eigenvalue weighted by molar-refractivity contribution is -0.147. The molecule has 16 heavy (non-hydrogen) atoms. The summed E-state index contributed by atoms with van der Waals surface area (Å²) in [6.07, 6.45) is 0. The summed E-state index contributed by atoms with van der Waals surface area (Å²) in [6.45, 7) is 10.9. The summed E-state index contributed by atoms with van der Waals surface area (Å²) < 4.78 is 0. The summed E-state index contributed by atoms with van der Waals surface area (Å²) in [6, 6.07) is 0.512. The van der Waals surface area contributed by atoms with E-state index >= 15 is 0 Å². The number of Topliss-reactive ketones (excluding diaryl/α,β-unsaturated/α-hetero) is 1. The summed E-state index contributed by atoms with van der Waals surface area (Å²) in [7, 11) is 0. The zero-order valence-electron chi connectivity index (χ0n) is 10.7. The van der Waals surface area contributed by atoms with E-state index in [1.165, 1.54) is 0 Å². The van der Waals surface area contributed by atoms with E-state index in [2.05, 4.69) is 18.7 Å². The number of piperazine rings is 1. The van der Waals surface area contributed by atoms with Gasteiger partial charge in [-0.1, -0.05) is 13.8 Å². The van der Waals surface area contributed by atoms with Crippen LogP contribution in [0.1, 0.15) is 27.7 Å². The molecule has 4 heteroatoms. The molecule has 0 aromatic heterocycles. The monoisotopic (exact) mass is 226 g/mol. The highest BCUT2D eigenvalue weighted by molar-refractivity contribution is 6.36. The summed E-state index contributed by atoms with van der Waals surface area (Å²) in [5.74, 6) is -0.771. The third-order valence-electron chi connectivity index (χ3n) is 3.07. The van der Waals surface area contributed by atoms with E-state index < -0.39 is 0 Å². The van der Waals surface area contributed by atoms with E-state index in [9.17, 15) is 9.59 Å². The molecule has 92 valence electrons. The van der Waals surface area contributed by atoms with Crippen molar-refractivity contribution in [1.29, 1.82) is 0 Å². The molecule has 0 saturated carbocycles. The predicted octanol–water partition coefficient (Wildman–Crippen LogP) is 0.764. The first-order valence-corrected chi connectivity index (χ1v) is 6.00. The standard InChI is InChI=1S/C12H22N2O2/c1-9(2)11(15)12(16)14-7-5-13(6-8-14)10(3)4/h9-10H,5-8H2,1-4H3. The average Bonchev–Trinajstić information content (AvgIpc) is 2.27. The molecule has 0 N–H and O–H groups in total. The molecule has 1 rings (SSSR count). The van der Waals surface area contributed by atoms with Gasteiger partial charge in [-0.3, -0.25) is 14.5 Å². The fourth-order valence-electron chi connectivity index (χ4n) is 1.84. The molecule has 0 unspecified atom stereocenters. The van der Waals surface area contributed by atoms with Crippen LogP contribution in [0.15, 0.2) is 0 Å². The molecular weight excluding hydrogens is 204 g/mol. The fraction of sp³-hybridized carbons (Fsp3) is 0.833. The quantitative estimate of drug-likeness (QED) is 0.667. The van der Waals surface area contributed by atoms with Gasteiger partial charge in [-0.2, -0.15) is 0 Å². The van der Waals surface area contributed by atoms with Crippen LogP contribution < -0.4 is 0 Å². The Morgan fingerprint density at radius 1 is 0.938 bits per heavy atom. The van der Waals surface area contributed by atoms with Crippen molar-refractivity contribution >= 4 is 11.7 Å². The van der Waals surface area contributed by atoms with Crippen molar-refractivity contribution in [2.24, 2.45) is 5.92 Å². The highest BCUT2D eigenvalue weighted by atomic mass is 16.2.